The van der Waals surface area contributed by atoms with Crippen LogP contribution in [0.15, 0.2) is 146 Å². The first-order valence-corrected chi connectivity index (χ1v) is 14.2. The van der Waals surface area contributed by atoms with Crippen molar-refractivity contribution in [2.24, 2.45) is 0 Å². The largest absolute Gasteiger partial charge is 0.293 e. The van der Waals surface area contributed by atoms with Crippen LogP contribution in [0.3, 0.4) is 0 Å². The highest BCUT2D eigenvalue weighted by molar-refractivity contribution is 6.09. The lowest BCUT2D eigenvalue weighted by atomic mass is 10.0. The number of benzene rings is 5. The van der Waals surface area contributed by atoms with Gasteiger partial charge in [-0.1, -0.05) is 97.1 Å². The van der Waals surface area contributed by atoms with Gasteiger partial charge in [0.25, 0.3) is 0 Å². The minimum Gasteiger partial charge on any atom is -0.293 e. The Hall–Kier alpha value is -5.74. The van der Waals surface area contributed by atoms with Crippen molar-refractivity contribution in [1.82, 2.24) is 18.9 Å². The zero-order chi connectivity index (χ0) is 27.6. The average molecular weight is 537 g/mol. The number of rotatable bonds is 3. The number of aromatic nitrogens is 4. The smallest absolute Gasteiger partial charge is 0.131 e. The molecule has 0 unspecified atom stereocenters. The van der Waals surface area contributed by atoms with Gasteiger partial charge in [0.2, 0.25) is 0 Å². The second kappa shape index (κ2) is 8.88. The molecular weight excluding hydrogens is 512 g/mol. The van der Waals surface area contributed by atoms with E-state index in [4.69, 9.17) is 4.98 Å². The summed E-state index contributed by atoms with van der Waals surface area (Å²) in [7, 11) is 0. The third kappa shape index (κ3) is 3.29. The van der Waals surface area contributed by atoms with Gasteiger partial charge in [-0.05, 0) is 48.0 Å². The molecule has 0 bridgehead atoms. The van der Waals surface area contributed by atoms with E-state index in [1.54, 1.807) is 0 Å². The summed E-state index contributed by atoms with van der Waals surface area (Å²) in [6.45, 7) is 0. The summed E-state index contributed by atoms with van der Waals surface area (Å²) >= 11 is 0. The standard InChI is InChI=1S/C38H24N4/c1-2-9-26(10-3-1)35-30-12-4-5-13-32(30)42-34-15-7-6-14-33(34)41(38(35)42)29-21-18-25(19-22-29)31-23-20-28-17-16-27-11-8-24-39-36(27)37(28)40-31/h1-24H. The second-order valence-electron chi connectivity index (χ2n) is 10.7. The van der Waals surface area contributed by atoms with Crippen molar-refractivity contribution in [3.63, 3.8) is 0 Å². The van der Waals surface area contributed by atoms with Crippen LogP contribution >= 0.6 is 0 Å². The number of hydrogen-bond acceptors (Lipinski definition) is 2. The first-order chi connectivity index (χ1) is 20.8. The number of fused-ring (bicyclic) bond motifs is 8. The molecule has 196 valence electrons. The summed E-state index contributed by atoms with van der Waals surface area (Å²) in [4.78, 5) is 9.71. The van der Waals surface area contributed by atoms with Gasteiger partial charge in [0, 0.05) is 39.2 Å². The fraction of sp³-hybridized carbons (Fsp3) is 0. The minimum atomic E-state index is 0.931. The summed E-state index contributed by atoms with van der Waals surface area (Å²) in [5.74, 6) is 0. The molecule has 42 heavy (non-hydrogen) atoms. The monoisotopic (exact) mass is 536 g/mol. The van der Waals surface area contributed by atoms with Gasteiger partial charge in [0.1, 0.15) is 5.65 Å². The number of para-hydroxylation sites is 3. The van der Waals surface area contributed by atoms with Crippen LogP contribution in [0.5, 0.6) is 0 Å². The third-order valence-electron chi connectivity index (χ3n) is 8.34. The number of imidazole rings is 1. The highest BCUT2D eigenvalue weighted by Gasteiger charge is 2.22. The van der Waals surface area contributed by atoms with Gasteiger partial charge in [0.05, 0.1) is 33.3 Å². The van der Waals surface area contributed by atoms with Crippen LogP contribution in [0.2, 0.25) is 0 Å². The molecular formula is C38H24N4. The van der Waals surface area contributed by atoms with Crippen molar-refractivity contribution in [2.45, 2.75) is 0 Å². The maximum absolute atomic E-state index is 5.08. The van der Waals surface area contributed by atoms with E-state index >= 15 is 0 Å². The van der Waals surface area contributed by atoms with Crippen LogP contribution in [0.25, 0.3) is 77.5 Å². The van der Waals surface area contributed by atoms with E-state index < -0.39 is 0 Å². The second-order valence-corrected chi connectivity index (χ2v) is 10.7. The maximum Gasteiger partial charge on any atom is 0.131 e. The molecule has 4 heteroatoms. The van der Waals surface area contributed by atoms with Gasteiger partial charge >= 0.3 is 0 Å². The molecule has 0 radical (unpaired) electrons. The van der Waals surface area contributed by atoms with Gasteiger partial charge in [-0.3, -0.25) is 14.0 Å². The van der Waals surface area contributed by atoms with Crippen LogP contribution in [0.1, 0.15) is 0 Å². The number of nitrogens with zero attached hydrogens (tertiary/aromatic N) is 4. The summed E-state index contributed by atoms with van der Waals surface area (Å²) in [6, 6.07) is 49.4. The molecule has 5 aromatic carbocycles. The molecule has 4 heterocycles. The molecule has 0 amide bonds. The van der Waals surface area contributed by atoms with Gasteiger partial charge in [-0.2, -0.15) is 0 Å². The van der Waals surface area contributed by atoms with Gasteiger partial charge in [0.15, 0.2) is 0 Å². The van der Waals surface area contributed by atoms with E-state index in [0.29, 0.717) is 0 Å². The molecule has 4 aromatic heterocycles. The Morgan fingerprint density at radius 1 is 0.476 bits per heavy atom. The Morgan fingerprint density at radius 3 is 2.00 bits per heavy atom. The van der Waals surface area contributed by atoms with Crippen molar-refractivity contribution in [2.75, 3.05) is 0 Å². The van der Waals surface area contributed by atoms with Crippen molar-refractivity contribution >= 4 is 49.4 Å². The Balaban J connectivity index is 1.28. The van der Waals surface area contributed by atoms with Gasteiger partial charge < -0.3 is 0 Å². The highest BCUT2D eigenvalue weighted by Crippen LogP contribution is 2.40. The van der Waals surface area contributed by atoms with Crippen LogP contribution in [-0.2, 0) is 0 Å². The molecule has 0 atom stereocenters. The fourth-order valence-corrected chi connectivity index (χ4v) is 6.46. The van der Waals surface area contributed by atoms with E-state index in [9.17, 15) is 0 Å². The van der Waals surface area contributed by atoms with Crippen LogP contribution in [0, 0.1) is 0 Å². The molecule has 0 spiro atoms. The molecule has 0 aliphatic carbocycles. The first-order valence-electron chi connectivity index (χ1n) is 14.2. The van der Waals surface area contributed by atoms with Crippen molar-refractivity contribution in [3.05, 3.63) is 146 Å². The van der Waals surface area contributed by atoms with E-state index in [0.717, 1.165) is 44.4 Å². The third-order valence-corrected chi connectivity index (χ3v) is 8.34. The highest BCUT2D eigenvalue weighted by atomic mass is 15.1. The summed E-state index contributed by atoms with van der Waals surface area (Å²) in [5.41, 5.74) is 12.2. The number of hydrogen-bond donors (Lipinski definition) is 0. The van der Waals surface area contributed by atoms with Gasteiger partial charge in [-0.25, -0.2) is 4.98 Å². The Labute approximate surface area is 241 Å². The van der Waals surface area contributed by atoms with E-state index in [1.807, 2.05) is 12.3 Å². The molecule has 0 fully saturated rings. The van der Waals surface area contributed by atoms with Crippen molar-refractivity contribution in [1.29, 1.82) is 0 Å². The molecule has 0 N–H and O–H groups in total. The van der Waals surface area contributed by atoms with E-state index in [2.05, 4.69) is 147 Å². The Morgan fingerprint density at radius 2 is 1.17 bits per heavy atom. The molecule has 0 saturated heterocycles. The molecule has 0 aliphatic heterocycles. The van der Waals surface area contributed by atoms with Gasteiger partial charge in [-0.15, -0.1) is 0 Å². The molecule has 9 rings (SSSR count). The zero-order valence-electron chi connectivity index (χ0n) is 22.6. The topological polar surface area (TPSA) is 35.1 Å². The van der Waals surface area contributed by atoms with E-state index in [1.165, 1.54) is 33.1 Å². The summed E-state index contributed by atoms with van der Waals surface area (Å²) in [5, 5.41) is 3.44. The van der Waals surface area contributed by atoms with Crippen LogP contribution in [0.4, 0.5) is 0 Å². The molecule has 0 aliphatic rings. The summed E-state index contributed by atoms with van der Waals surface area (Å²) in [6.07, 6.45) is 1.84. The number of pyridine rings is 2. The predicted molar refractivity (Wildman–Crippen MR) is 173 cm³/mol. The lowest BCUT2D eigenvalue weighted by molar-refractivity contribution is 1.15. The molecule has 0 saturated carbocycles. The van der Waals surface area contributed by atoms with Crippen LogP contribution < -0.4 is 0 Å². The summed E-state index contributed by atoms with van der Waals surface area (Å²) < 4.78 is 4.80. The Bertz CT molecular complexity index is 2450. The lowest BCUT2D eigenvalue weighted by Crippen LogP contribution is -1.96. The zero-order valence-corrected chi connectivity index (χ0v) is 22.6. The fourth-order valence-electron chi connectivity index (χ4n) is 6.46. The van der Waals surface area contributed by atoms with Crippen molar-refractivity contribution in [3.8, 4) is 28.1 Å². The SMILES string of the molecule is c1ccc(-c2c3ccccc3n3c4ccccc4n(-c4ccc(-c5ccc6ccc7cccnc7c6n5)cc4)c23)cc1. The van der Waals surface area contributed by atoms with Crippen LogP contribution in [-0.4, -0.2) is 18.9 Å². The Kier molecular flexibility index (Phi) is 4.87. The van der Waals surface area contributed by atoms with Crippen molar-refractivity contribution < 1.29 is 0 Å². The quantitative estimate of drug-likeness (QED) is 0.211. The predicted octanol–water partition coefficient (Wildman–Crippen LogP) is 9.47. The van der Waals surface area contributed by atoms with E-state index in [-0.39, 0.29) is 0 Å². The normalized spacial score (nSPS) is 11.8. The molecule has 9 aromatic rings. The first kappa shape index (κ1) is 23.0. The maximum atomic E-state index is 5.08. The average Bonchev–Trinajstić information content (AvgIpc) is 3.57. The minimum absolute atomic E-state index is 0.931. The molecule has 4 nitrogen and oxygen atoms in total. The lowest BCUT2D eigenvalue weighted by Gasteiger charge is -2.11.